The molecule has 1 aliphatic heterocycles. The van der Waals surface area contributed by atoms with E-state index in [1.54, 1.807) is 7.11 Å². The molecule has 8 heteroatoms. The second kappa shape index (κ2) is 6.00. The number of carbonyl (C=O) groups excluding carboxylic acids is 1. The first kappa shape index (κ1) is 15.7. The van der Waals surface area contributed by atoms with E-state index in [0.717, 1.165) is 0 Å². The van der Waals surface area contributed by atoms with Crippen LogP contribution >= 0.6 is 0 Å². The second-order valence-electron chi connectivity index (χ2n) is 4.92. The van der Waals surface area contributed by atoms with Gasteiger partial charge in [0.05, 0.1) is 11.0 Å². The van der Waals surface area contributed by atoms with Gasteiger partial charge in [-0.2, -0.15) is 0 Å². The average molecular weight is 314 g/mol. The summed E-state index contributed by atoms with van der Waals surface area (Å²) in [4.78, 5) is 12.0. The van der Waals surface area contributed by atoms with E-state index in [-0.39, 0.29) is 16.9 Å². The average Bonchev–Trinajstić information content (AvgIpc) is 2.86. The summed E-state index contributed by atoms with van der Waals surface area (Å²) in [6.07, 6.45) is -0.446. The lowest BCUT2D eigenvalue weighted by Crippen LogP contribution is -2.40. The van der Waals surface area contributed by atoms with Crippen LogP contribution in [0.4, 0.5) is 0 Å². The zero-order valence-corrected chi connectivity index (χ0v) is 12.6. The van der Waals surface area contributed by atoms with Gasteiger partial charge in [-0.15, -0.1) is 0 Å². The molecule has 0 spiro atoms. The molecule has 1 aromatic rings. The van der Waals surface area contributed by atoms with Crippen LogP contribution in [-0.4, -0.2) is 40.2 Å². The molecule has 7 nitrogen and oxygen atoms in total. The third kappa shape index (κ3) is 3.72. The lowest BCUT2D eigenvalue weighted by Gasteiger charge is -2.14. The summed E-state index contributed by atoms with van der Waals surface area (Å²) in [5.74, 6) is 0.245. The van der Waals surface area contributed by atoms with E-state index in [9.17, 15) is 13.2 Å². The van der Waals surface area contributed by atoms with Gasteiger partial charge >= 0.3 is 0 Å². The highest BCUT2D eigenvalue weighted by Gasteiger charge is 2.30. The molecule has 0 fully saturated rings. The first-order valence-electron chi connectivity index (χ1n) is 6.44. The Hall–Kier alpha value is -1.64. The van der Waals surface area contributed by atoms with Crippen molar-refractivity contribution in [2.75, 3.05) is 13.7 Å². The third-order valence-electron chi connectivity index (χ3n) is 3.29. The van der Waals surface area contributed by atoms with Crippen LogP contribution in [-0.2, 0) is 26.0 Å². The molecule has 0 bridgehead atoms. The minimum atomic E-state index is -3.76. The van der Waals surface area contributed by atoms with Gasteiger partial charge < -0.3 is 14.8 Å². The van der Waals surface area contributed by atoms with Crippen LogP contribution in [0, 0.1) is 0 Å². The molecule has 1 heterocycles. The van der Waals surface area contributed by atoms with Gasteiger partial charge in [-0.1, -0.05) is 0 Å². The van der Waals surface area contributed by atoms with Crippen LogP contribution in [0.25, 0.3) is 0 Å². The molecule has 2 unspecified atom stereocenters. The highest BCUT2D eigenvalue weighted by molar-refractivity contribution is 7.89. The molecular formula is C13H18N2O5S. The van der Waals surface area contributed by atoms with E-state index in [1.807, 2.05) is 6.92 Å². The quantitative estimate of drug-likeness (QED) is 0.782. The number of nitrogens with two attached hydrogens (primary N) is 1. The Bertz CT molecular complexity index is 644. The number of sulfonamides is 1. The summed E-state index contributed by atoms with van der Waals surface area (Å²) in [6.45, 7) is 2.22. The molecule has 3 N–H and O–H groups in total. The molecular weight excluding hydrogens is 296 g/mol. The third-order valence-corrected chi connectivity index (χ3v) is 4.20. The van der Waals surface area contributed by atoms with Crippen molar-refractivity contribution in [3.8, 4) is 5.75 Å². The minimum Gasteiger partial charge on any atom is -0.480 e. The van der Waals surface area contributed by atoms with E-state index >= 15 is 0 Å². The summed E-state index contributed by atoms with van der Waals surface area (Å²) in [6, 6.07) is 4.32. The van der Waals surface area contributed by atoms with Gasteiger partial charge in [-0.25, -0.2) is 13.6 Å². The van der Waals surface area contributed by atoms with Gasteiger partial charge in [-0.3, -0.25) is 4.79 Å². The van der Waals surface area contributed by atoms with Crippen molar-refractivity contribution in [2.45, 2.75) is 30.4 Å². The Morgan fingerprint density at radius 1 is 1.57 bits per heavy atom. The number of hydrogen-bond donors (Lipinski definition) is 2. The number of benzene rings is 1. The fourth-order valence-electron chi connectivity index (χ4n) is 1.99. The smallest absolute Gasteiger partial charge is 0.261 e. The van der Waals surface area contributed by atoms with Crippen molar-refractivity contribution < 1.29 is 22.7 Å². The van der Waals surface area contributed by atoms with Gasteiger partial charge in [0, 0.05) is 20.1 Å². The second-order valence-corrected chi connectivity index (χ2v) is 6.48. The highest BCUT2D eigenvalue weighted by Crippen LogP contribution is 2.30. The van der Waals surface area contributed by atoms with Gasteiger partial charge in [-0.05, 0) is 30.7 Å². The van der Waals surface area contributed by atoms with Gasteiger partial charge in [0.2, 0.25) is 10.0 Å². The Labute approximate surface area is 123 Å². The topological polar surface area (TPSA) is 108 Å². The molecule has 116 valence electrons. The van der Waals surface area contributed by atoms with E-state index in [2.05, 4.69) is 5.32 Å². The molecule has 1 amide bonds. The summed E-state index contributed by atoms with van der Waals surface area (Å²) >= 11 is 0. The van der Waals surface area contributed by atoms with Crippen molar-refractivity contribution >= 4 is 15.9 Å². The Balaban J connectivity index is 2.04. The Morgan fingerprint density at radius 2 is 2.29 bits per heavy atom. The maximum Gasteiger partial charge on any atom is 0.261 e. The molecule has 0 saturated carbocycles. The fourth-order valence-corrected chi connectivity index (χ4v) is 2.55. The van der Waals surface area contributed by atoms with E-state index < -0.39 is 16.1 Å². The Morgan fingerprint density at radius 3 is 2.90 bits per heavy atom. The molecule has 1 aliphatic rings. The Kier molecular flexibility index (Phi) is 4.50. The van der Waals surface area contributed by atoms with E-state index in [4.69, 9.17) is 14.6 Å². The van der Waals surface area contributed by atoms with Gasteiger partial charge in [0.1, 0.15) is 5.75 Å². The molecule has 2 atom stereocenters. The van der Waals surface area contributed by atoms with Crippen LogP contribution in [0.15, 0.2) is 23.1 Å². The van der Waals surface area contributed by atoms with Crippen molar-refractivity contribution in [2.24, 2.45) is 5.14 Å². The minimum absolute atomic E-state index is 0.0129. The molecule has 2 rings (SSSR count). The molecule has 0 radical (unpaired) electrons. The summed E-state index contributed by atoms with van der Waals surface area (Å²) < 4.78 is 33.2. The zero-order valence-electron chi connectivity index (χ0n) is 11.8. The summed E-state index contributed by atoms with van der Waals surface area (Å²) in [5.41, 5.74) is 0.654. The summed E-state index contributed by atoms with van der Waals surface area (Å²) in [7, 11) is -2.20. The number of rotatable bonds is 5. The number of hydrogen-bond acceptors (Lipinski definition) is 5. The van der Waals surface area contributed by atoms with Gasteiger partial charge in [0.15, 0.2) is 6.10 Å². The van der Waals surface area contributed by atoms with E-state index in [1.165, 1.54) is 18.2 Å². The number of amides is 1. The fraction of sp³-hybridized carbons (Fsp3) is 0.462. The number of ether oxygens (including phenoxy) is 2. The number of primary sulfonamides is 1. The molecule has 0 saturated heterocycles. The number of methoxy groups -OCH3 is 1. The molecule has 1 aromatic carbocycles. The highest BCUT2D eigenvalue weighted by atomic mass is 32.2. The molecule has 0 aliphatic carbocycles. The van der Waals surface area contributed by atoms with Crippen LogP contribution < -0.4 is 15.2 Å². The largest absolute Gasteiger partial charge is 0.480 e. The van der Waals surface area contributed by atoms with Crippen LogP contribution in [0.3, 0.4) is 0 Å². The van der Waals surface area contributed by atoms with Crippen molar-refractivity contribution in [3.05, 3.63) is 23.8 Å². The van der Waals surface area contributed by atoms with Crippen molar-refractivity contribution in [1.29, 1.82) is 0 Å². The number of carbonyl (C=O) groups is 1. The molecule has 0 aromatic heterocycles. The lowest BCUT2D eigenvalue weighted by molar-refractivity contribution is -0.127. The first-order chi connectivity index (χ1) is 9.81. The maximum absolute atomic E-state index is 12.0. The van der Waals surface area contributed by atoms with Gasteiger partial charge in [0.25, 0.3) is 5.91 Å². The van der Waals surface area contributed by atoms with Crippen LogP contribution in [0.1, 0.15) is 12.5 Å². The number of nitrogens with one attached hydrogen (secondary N) is 1. The predicted octanol–water partition coefficient (Wildman–Crippen LogP) is -0.211. The van der Waals surface area contributed by atoms with Crippen LogP contribution in [0.5, 0.6) is 5.75 Å². The van der Waals surface area contributed by atoms with E-state index in [0.29, 0.717) is 24.3 Å². The first-order valence-corrected chi connectivity index (χ1v) is 7.99. The van der Waals surface area contributed by atoms with Crippen molar-refractivity contribution in [3.63, 3.8) is 0 Å². The lowest BCUT2D eigenvalue weighted by atomic mass is 10.1. The van der Waals surface area contributed by atoms with Crippen molar-refractivity contribution in [1.82, 2.24) is 5.32 Å². The zero-order chi connectivity index (χ0) is 15.6. The maximum atomic E-state index is 12.0. The predicted molar refractivity (Wildman–Crippen MR) is 75.4 cm³/mol. The molecule has 21 heavy (non-hydrogen) atoms. The number of fused-ring (bicyclic) bond motifs is 1. The standard InChI is InChI=1S/C13H18N2O5S/c1-8(19-2)7-15-13(16)12-6-9-5-10(21(14,17)18)3-4-11(9)20-12/h3-5,8,12H,6-7H2,1-2H3,(H,15,16)(H2,14,17,18). The monoisotopic (exact) mass is 314 g/mol. The normalized spacial score (nSPS) is 18.7. The SMILES string of the molecule is COC(C)CNC(=O)C1Cc2cc(S(N)(=O)=O)ccc2O1. The summed E-state index contributed by atoms with van der Waals surface area (Å²) in [5, 5.41) is 7.80. The van der Waals surface area contributed by atoms with Crippen LogP contribution in [0.2, 0.25) is 0 Å².